The molecule has 0 saturated heterocycles. The van der Waals surface area contributed by atoms with Crippen LogP contribution in [0.2, 0.25) is 4.34 Å². The fourth-order valence-electron chi connectivity index (χ4n) is 1.69. The van der Waals surface area contributed by atoms with Crippen molar-refractivity contribution in [2.24, 2.45) is 0 Å². The molecule has 2 aromatic rings. The molecule has 5 heteroatoms. The molecule has 0 atom stereocenters. The molecule has 1 heterocycles. The first-order chi connectivity index (χ1) is 9.04. The van der Waals surface area contributed by atoms with Gasteiger partial charge in [-0.2, -0.15) is 0 Å². The normalized spacial score (nSPS) is 10.4. The Bertz CT molecular complexity index is 595. The number of thiophene rings is 1. The van der Waals surface area contributed by atoms with Crippen molar-refractivity contribution in [1.29, 1.82) is 0 Å². The van der Waals surface area contributed by atoms with Gasteiger partial charge < -0.3 is 10.4 Å². The number of carbonyl (C=O) groups excluding carboxylic acids is 1. The lowest BCUT2D eigenvalue weighted by Crippen LogP contribution is -2.12. The third-order valence-corrected chi connectivity index (χ3v) is 3.94. The second kappa shape index (κ2) is 6.08. The lowest BCUT2D eigenvalue weighted by atomic mass is 10.2. The number of halogens is 1. The Morgan fingerprint density at radius 3 is 2.84 bits per heavy atom. The maximum absolute atomic E-state index is 11.8. The van der Waals surface area contributed by atoms with Gasteiger partial charge in [0.2, 0.25) is 5.91 Å². The van der Waals surface area contributed by atoms with Crippen LogP contribution in [0, 0.1) is 6.92 Å². The third kappa shape index (κ3) is 3.98. The van der Waals surface area contributed by atoms with E-state index >= 15 is 0 Å². The number of aromatic hydroxyl groups is 1. The molecule has 0 saturated carbocycles. The van der Waals surface area contributed by atoms with Crippen LogP contribution in [0.1, 0.15) is 16.9 Å². The van der Waals surface area contributed by atoms with Crippen LogP contribution in [-0.2, 0) is 11.2 Å². The van der Waals surface area contributed by atoms with Gasteiger partial charge >= 0.3 is 0 Å². The maximum Gasteiger partial charge on any atom is 0.224 e. The number of phenols is 1. The van der Waals surface area contributed by atoms with E-state index in [0.717, 1.165) is 14.8 Å². The molecule has 0 spiro atoms. The minimum Gasteiger partial charge on any atom is -0.506 e. The van der Waals surface area contributed by atoms with Gasteiger partial charge in [-0.1, -0.05) is 17.7 Å². The molecular formula is C14H14ClNO2S. The zero-order valence-electron chi connectivity index (χ0n) is 10.4. The van der Waals surface area contributed by atoms with Crippen molar-refractivity contribution in [3.63, 3.8) is 0 Å². The van der Waals surface area contributed by atoms with E-state index in [1.165, 1.54) is 11.3 Å². The molecular weight excluding hydrogens is 282 g/mol. The molecule has 0 aliphatic carbocycles. The van der Waals surface area contributed by atoms with Crippen molar-refractivity contribution in [1.82, 2.24) is 0 Å². The van der Waals surface area contributed by atoms with Crippen molar-refractivity contribution < 1.29 is 9.90 Å². The number of aryl methyl sites for hydroxylation is 2. The summed E-state index contributed by atoms with van der Waals surface area (Å²) in [5, 5.41) is 12.4. The van der Waals surface area contributed by atoms with E-state index in [1.807, 2.05) is 19.1 Å². The van der Waals surface area contributed by atoms with Crippen LogP contribution in [0.5, 0.6) is 5.75 Å². The second-order valence-electron chi connectivity index (χ2n) is 4.27. The first kappa shape index (κ1) is 13.9. The number of nitrogens with one attached hydrogen (secondary N) is 1. The first-order valence-corrected chi connectivity index (χ1v) is 7.08. The van der Waals surface area contributed by atoms with Crippen molar-refractivity contribution in [3.05, 3.63) is 45.1 Å². The van der Waals surface area contributed by atoms with Crippen molar-refractivity contribution in [2.75, 3.05) is 5.32 Å². The fourth-order valence-corrected chi connectivity index (χ4v) is 2.77. The van der Waals surface area contributed by atoms with E-state index in [4.69, 9.17) is 11.6 Å². The topological polar surface area (TPSA) is 49.3 Å². The SMILES string of the molecule is Cc1ccc(O)c(NC(=O)CCc2ccc(Cl)s2)c1. The van der Waals surface area contributed by atoms with E-state index in [-0.39, 0.29) is 11.7 Å². The van der Waals surface area contributed by atoms with Crippen LogP contribution in [0.4, 0.5) is 5.69 Å². The maximum atomic E-state index is 11.8. The summed E-state index contributed by atoms with van der Waals surface area (Å²) >= 11 is 7.31. The van der Waals surface area contributed by atoms with E-state index in [0.29, 0.717) is 18.5 Å². The molecule has 0 radical (unpaired) electrons. The Morgan fingerprint density at radius 1 is 1.37 bits per heavy atom. The molecule has 19 heavy (non-hydrogen) atoms. The van der Waals surface area contributed by atoms with Crippen LogP contribution in [0.25, 0.3) is 0 Å². The van der Waals surface area contributed by atoms with Crippen LogP contribution < -0.4 is 5.32 Å². The van der Waals surface area contributed by atoms with Gasteiger partial charge in [-0.05, 0) is 43.2 Å². The average molecular weight is 296 g/mol. The van der Waals surface area contributed by atoms with Gasteiger partial charge in [-0.25, -0.2) is 0 Å². The summed E-state index contributed by atoms with van der Waals surface area (Å²) < 4.78 is 0.728. The molecule has 0 unspecified atom stereocenters. The minimum atomic E-state index is -0.120. The largest absolute Gasteiger partial charge is 0.506 e. The van der Waals surface area contributed by atoms with E-state index in [9.17, 15) is 9.90 Å². The summed E-state index contributed by atoms with van der Waals surface area (Å²) in [5.74, 6) is -0.0384. The molecule has 1 aromatic heterocycles. The molecule has 0 bridgehead atoms. The van der Waals surface area contributed by atoms with E-state index in [1.54, 1.807) is 18.2 Å². The van der Waals surface area contributed by atoms with Gasteiger partial charge in [-0.3, -0.25) is 4.79 Å². The Balaban J connectivity index is 1.92. The number of rotatable bonds is 4. The number of amides is 1. The van der Waals surface area contributed by atoms with Gasteiger partial charge in [0.25, 0.3) is 0 Å². The molecule has 2 N–H and O–H groups in total. The van der Waals surface area contributed by atoms with Crippen molar-refractivity contribution >= 4 is 34.5 Å². The van der Waals surface area contributed by atoms with E-state index in [2.05, 4.69) is 5.32 Å². The molecule has 1 amide bonds. The number of hydrogen-bond donors (Lipinski definition) is 2. The summed E-state index contributed by atoms with van der Waals surface area (Å²) in [4.78, 5) is 12.9. The lowest BCUT2D eigenvalue weighted by molar-refractivity contribution is -0.116. The Labute approximate surface area is 120 Å². The first-order valence-electron chi connectivity index (χ1n) is 5.88. The van der Waals surface area contributed by atoms with Crippen LogP contribution in [-0.4, -0.2) is 11.0 Å². The Morgan fingerprint density at radius 2 is 2.16 bits per heavy atom. The number of anilines is 1. The van der Waals surface area contributed by atoms with Crippen LogP contribution >= 0.6 is 22.9 Å². The summed E-state index contributed by atoms with van der Waals surface area (Å²) in [6.07, 6.45) is 1.01. The highest BCUT2D eigenvalue weighted by molar-refractivity contribution is 7.16. The highest BCUT2D eigenvalue weighted by atomic mass is 35.5. The molecule has 0 fully saturated rings. The van der Waals surface area contributed by atoms with Gasteiger partial charge in [0, 0.05) is 11.3 Å². The van der Waals surface area contributed by atoms with Gasteiger partial charge in [0.05, 0.1) is 10.0 Å². The molecule has 2 rings (SSSR count). The van der Waals surface area contributed by atoms with Crippen molar-refractivity contribution in [2.45, 2.75) is 19.8 Å². The predicted octanol–water partition coefficient (Wildman–Crippen LogP) is 3.99. The minimum absolute atomic E-state index is 0.0816. The average Bonchev–Trinajstić information content (AvgIpc) is 2.77. The van der Waals surface area contributed by atoms with Crippen LogP contribution in [0.3, 0.4) is 0 Å². The monoisotopic (exact) mass is 295 g/mol. The zero-order chi connectivity index (χ0) is 13.8. The Hall–Kier alpha value is -1.52. The third-order valence-electron chi connectivity index (χ3n) is 2.65. The Kier molecular flexibility index (Phi) is 4.45. The predicted molar refractivity (Wildman–Crippen MR) is 79.1 cm³/mol. The van der Waals surface area contributed by atoms with E-state index < -0.39 is 0 Å². The standard InChI is InChI=1S/C14H14ClNO2S/c1-9-2-5-12(17)11(8-9)16-14(18)7-4-10-3-6-13(15)19-10/h2-3,5-6,8,17H,4,7H2,1H3,(H,16,18). The molecule has 0 aliphatic heterocycles. The molecule has 100 valence electrons. The summed E-state index contributed by atoms with van der Waals surface area (Å²) in [6.45, 7) is 1.91. The van der Waals surface area contributed by atoms with Crippen molar-refractivity contribution in [3.8, 4) is 5.75 Å². The van der Waals surface area contributed by atoms with Crippen LogP contribution in [0.15, 0.2) is 30.3 Å². The quantitative estimate of drug-likeness (QED) is 0.838. The second-order valence-corrected chi connectivity index (χ2v) is 6.07. The summed E-state index contributed by atoms with van der Waals surface area (Å²) in [7, 11) is 0. The summed E-state index contributed by atoms with van der Waals surface area (Å²) in [6, 6.07) is 8.86. The zero-order valence-corrected chi connectivity index (χ0v) is 12.0. The number of hydrogen-bond acceptors (Lipinski definition) is 3. The smallest absolute Gasteiger partial charge is 0.224 e. The number of carbonyl (C=O) groups is 1. The van der Waals surface area contributed by atoms with Gasteiger partial charge in [-0.15, -0.1) is 11.3 Å². The number of benzene rings is 1. The molecule has 1 aromatic carbocycles. The number of phenolic OH excluding ortho intramolecular Hbond substituents is 1. The highest BCUT2D eigenvalue weighted by Crippen LogP contribution is 2.25. The highest BCUT2D eigenvalue weighted by Gasteiger charge is 2.08. The van der Waals surface area contributed by atoms with Gasteiger partial charge in [0.1, 0.15) is 5.75 Å². The fraction of sp³-hybridized carbons (Fsp3) is 0.214. The molecule has 0 aliphatic rings. The van der Waals surface area contributed by atoms with Gasteiger partial charge in [0.15, 0.2) is 0 Å². The molecule has 3 nitrogen and oxygen atoms in total. The summed E-state index contributed by atoms with van der Waals surface area (Å²) in [5.41, 5.74) is 1.44. The lowest BCUT2D eigenvalue weighted by Gasteiger charge is -2.07.